The maximum absolute atomic E-state index is 14.4. The standard InChI is InChI=1S/C17H14Cl2F2N2O.C7H13N3O2.C5H12.C2H6/c18-13-3-1-2-9(17(13)21)11-6-22-7-12(11)10-4-15(20)14(19)5-16(10)23-8-24;11-6-8-1-3-10-4-2-9-7(12)5-10;1-5(2,3)4;1-2/h1-5,8,11-12,22H,6-7H2,(H,23,24);6H,1-5H2,(H,8,11)(H,9,12);1-4H3;1-2H3/t11-,12+;;;/m1.../s1. The Morgan fingerprint density at radius 1 is 1.00 bits per heavy atom. The van der Waals surface area contributed by atoms with E-state index < -0.39 is 11.6 Å². The van der Waals surface area contributed by atoms with Gasteiger partial charge in [-0.1, -0.05) is 76.9 Å². The molecule has 0 spiro atoms. The van der Waals surface area contributed by atoms with E-state index in [9.17, 15) is 23.2 Å². The number of nitrogens with zero attached hydrogens (tertiary/aromatic N) is 1. The second-order valence-electron chi connectivity index (χ2n) is 11.3. The van der Waals surface area contributed by atoms with E-state index in [1.54, 1.807) is 12.1 Å². The summed E-state index contributed by atoms with van der Waals surface area (Å²) in [5, 5.41) is 11.0. The predicted molar refractivity (Wildman–Crippen MR) is 171 cm³/mol. The molecular formula is C31H45Cl2F2N5O3. The molecule has 0 radical (unpaired) electrons. The number of carbonyl (C=O) groups excluding carboxylic acids is 3. The van der Waals surface area contributed by atoms with Crippen LogP contribution in [0.15, 0.2) is 30.3 Å². The lowest BCUT2D eigenvalue weighted by molar-refractivity contribution is -0.124. The molecule has 0 saturated carbocycles. The fourth-order valence-electron chi connectivity index (χ4n) is 4.36. The van der Waals surface area contributed by atoms with Gasteiger partial charge in [0, 0.05) is 56.8 Å². The Balaban J connectivity index is 0.000000405. The third-order valence-electron chi connectivity index (χ3n) is 6.07. The predicted octanol–water partition coefficient (Wildman–Crippen LogP) is 5.55. The number of anilines is 1. The van der Waals surface area contributed by atoms with Gasteiger partial charge in [0.25, 0.3) is 0 Å². The van der Waals surface area contributed by atoms with Gasteiger partial charge in [-0.15, -0.1) is 0 Å². The Morgan fingerprint density at radius 2 is 1.63 bits per heavy atom. The van der Waals surface area contributed by atoms with Gasteiger partial charge in [-0.05, 0) is 34.7 Å². The van der Waals surface area contributed by atoms with E-state index in [4.69, 9.17) is 23.2 Å². The number of piperazine rings is 1. The molecule has 2 atom stereocenters. The quantitative estimate of drug-likeness (QED) is 0.223. The first kappa shape index (κ1) is 38.2. The minimum Gasteiger partial charge on any atom is -0.357 e. The van der Waals surface area contributed by atoms with Gasteiger partial charge < -0.3 is 21.3 Å². The molecule has 2 saturated heterocycles. The highest BCUT2D eigenvalue weighted by atomic mass is 35.5. The molecule has 0 aliphatic carbocycles. The van der Waals surface area contributed by atoms with Crippen LogP contribution in [0.4, 0.5) is 14.5 Å². The van der Waals surface area contributed by atoms with Crippen molar-refractivity contribution < 1.29 is 23.2 Å². The molecule has 2 fully saturated rings. The number of halogens is 4. The van der Waals surface area contributed by atoms with Crippen LogP contribution in [0.2, 0.25) is 10.0 Å². The first-order valence-corrected chi connectivity index (χ1v) is 15.1. The monoisotopic (exact) mass is 643 g/mol. The number of carbonyl (C=O) groups is 3. The zero-order valence-corrected chi connectivity index (χ0v) is 27.3. The molecule has 12 heteroatoms. The minimum atomic E-state index is -0.583. The van der Waals surface area contributed by atoms with Crippen LogP contribution in [0.3, 0.4) is 0 Å². The summed E-state index contributed by atoms with van der Waals surface area (Å²) in [5.74, 6) is -1.46. The second-order valence-corrected chi connectivity index (χ2v) is 12.1. The molecule has 2 aromatic rings. The summed E-state index contributed by atoms with van der Waals surface area (Å²) in [6.45, 7) is 17.2. The lowest BCUT2D eigenvalue weighted by Crippen LogP contribution is -2.49. The van der Waals surface area contributed by atoms with E-state index in [2.05, 4.69) is 49.0 Å². The van der Waals surface area contributed by atoms with E-state index in [0.29, 0.717) is 67.8 Å². The second kappa shape index (κ2) is 19.5. The molecule has 4 N–H and O–H groups in total. The highest BCUT2D eigenvalue weighted by Crippen LogP contribution is 2.42. The van der Waals surface area contributed by atoms with Crippen LogP contribution in [-0.2, 0) is 14.4 Å². The van der Waals surface area contributed by atoms with E-state index >= 15 is 0 Å². The van der Waals surface area contributed by atoms with Crippen molar-refractivity contribution in [2.24, 2.45) is 5.41 Å². The van der Waals surface area contributed by atoms with Gasteiger partial charge in [-0.25, -0.2) is 8.78 Å². The zero-order valence-electron chi connectivity index (χ0n) is 25.8. The van der Waals surface area contributed by atoms with Gasteiger partial charge in [-0.3, -0.25) is 19.3 Å². The minimum absolute atomic E-state index is 0.0478. The number of amides is 3. The van der Waals surface area contributed by atoms with Crippen LogP contribution >= 0.6 is 23.2 Å². The van der Waals surface area contributed by atoms with Crippen LogP contribution in [0.5, 0.6) is 0 Å². The largest absolute Gasteiger partial charge is 0.357 e. The van der Waals surface area contributed by atoms with Crippen molar-refractivity contribution in [1.82, 2.24) is 20.9 Å². The number of hydrogen-bond acceptors (Lipinski definition) is 5. The van der Waals surface area contributed by atoms with Crippen molar-refractivity contribution in [2.75, 3.05) is 51.1 Å². The Kier molecular flexibility index (Phi) is 17.3. The molecule has 0 bridgehead atoms. The molecule has 3 amide bonds. The van der Waals surface area contributed by atoms with E-state index in [0.717, 1.165) is 13.1 Å². The summed E-state index contributed by atoms with van der Waals surface area (Å²) in [5.41, 5.74) is 1.95. The molecule has 2 heterocycles. The van der Waals surface area contributed by atoms with Gasteiger partial charge in [0.1, 0.15) is 11.6 Å². The third-order valence-corrected chi connectivity index (χ3v) is 6.66. The maximum atomic E-state index is 14.4. The molecule has 4 rings (SSSR count). The number of hydrogen-bond donors (Lipinski definition) is 4. The average molecular weight is 645 g/mol. The first-order valence-electron chi connectivity index (χ1n) is 14.4. The van der Waals surface area contributed by atoms with Gasteiger partial charge >= 0.3 is 0 Å². The molecule has 43 heavy (non-hydrogen) atoms. The molecule has 2 aliphatic rings. The Morgan fingerprint density at radius 3 is 2.21 bits per heavy atom. The Hall–Kier alpha value is -2.79. The van der Waals surface area contributed by atoms with E-state index in [1.165, 1.54) is 18.2 Å². The molecule has 2 aliphatic heterocycles. The highest BCUT2D eigenvalue weighted by molar-refractivity contribution is 6.31. The molecular weight excluding hydrogens is 599 g/mol. The van der Waals surface area contributed by atoms with Crippen LogP contribution in [0, 0.1) is 17.0 Å². The van der Waals surface area contributed by atoms with Crippen LogP contribution in [0.1, 0.15) is 64.5 Å². The van der Waals surface area contributed by atoms with Crippen LogP contribution < -0.4 is 21.3 Å². The van der Waals surface area contributed by atoms with Crippen molar-refractivity contribution >= 4 is 47.6 Å². The SMILES string of the molecule is CC.CC(C)(C)C.O=CNCCN1CCNC(=O)C1.O=CNc1cc(Cl)c(F)cc1[C@@H]1CNC[C@@H]1c1cccc(Cl)c1F. The lowest BCUT2D eigenvalue weighted by Gasteiger charge is -2.25. The van der Waals surface area contributed by atoms with Gasteiger partial charge in [0.05, 0.1) is 16.6 Å². The Bertz CT molecular complexity index is 1170. The zero-order chi connectivity index (χ0) is 32.6. The molecule has 2 aromatic carbocycles. The average Bonchev–Trinajstić information content (AvgIpc) is 3.43. The summed E-state index contributed by atoms with van der Waals surface area (Å²) >= 11 is 11.7. The van der Waals surface area contributed by atoms with Gasteiger partial charge in [0.15, 0.2) is 0 Å². The van der Waals surface area contributed by atoms with Crippen molar-refractivity contribution in [2.45, 2.75) is 53.4 Å². The van der Waals surface area contributed by atoms with E-state index in [-0.39, 0.29) is 27.8 Å². The summed E-state index contributed by atoms with van der Waals surface area (Å²) in [6, 6.07) is 7.50. The number of nitrogens with one attached hydrogen (secondary N) is 4. The maximum Gasteiger partial charge on any atom is 0.234 e. The molecule has 240 valence electrons. The van der Waals surface area contributed by atoms with Crippen molar-refractivity contribution in [1.29, 1.82) is 0 Å². The lowest BCUT2D eigenvalue weighted by atomic mass is 9.83. The van der Waals surface area contributed by atoms with Gasteiger partial charge in [0.2, 0.25) is 18.7 Å². The highest BCUT2D eigenvalue weighted by Gasteiger charge is 2.34. The molecule has 8 nitrogen and oxygen atoms in total. The first-order chi connectivity index (χ1) is 20.3. The third kappa shape index (κ3) is 13.6. The van der Waals surface area contributed by atoms with Crippen molar-refractivity contribution in [3.8, 4) is 0 Å². The number of rotatable bonds is 8. The summed E-state index contributed by atoms with van der Waals surface area (Å²) in [4.78, 5) is 33.6. The van der Waals surface area contributed by atoms with Crippen molar-refractivity contribution in [3.63, 3.8) is 0 Å². The molecule has 0 unspecified atom stereocenters. The van der Waals surface area contributed by atoms with E-state index in [1.807, 2.05) is 18.7 Å². The topological polar surface area (TPSA) is 103 Å². The van der Waals surface area contributed by atoms with Crippen LogP contribution in [-0.4, -0.2) is 69.4 Å². The number of benzene rings is 2. The van der Waals surface area contributed by atoms with Crippen LogP contribution in [0.25, 0.3) is 0 Å². The Labute approximate surface area is 264 Å². The fourth-order valence-corrected chi connectivity index (χ4v) is 4.71. The smallest absolute Gasteiger partial charge is 0.234 e. The summed E-state index contributed by atoms with van der Waals surface area (Å²) < 4.78 is 28.4. The summed E-state index contributed by atoms with van der Waals surface area (Å²) in [6.07, 6.45) is 1.18. The molecule has 0 aromatic heterocycles. The van der Waals surface area contributed by atoms with Crippen molar-refractivity contribution in [3.05, 3.63) is 63.1 Å². The fraction of sp³-hybridized carbons (Fsp3) is 0.516. The normalized spacial score (nSPS) is 18.0. The summed E-state index contributed by atoms with van der Waals surface area (Å²) in [7, 11) is 0. The van der Waals surface area contributed by atoms with Gasteiger partial charge in [-0.2, -0.15) is 0 Å².